The minimum Gasteiger partial charge on any atom is -0.353 e. The molecule has 8 nitrogen and oxygen atoms in total. The van der Waals surface area contributed by atoms with E-state index in [0.29, 0.717) is 38.0 Å². The number of carbonyl (C=O) groups is 1. The van der Waals surface area contributed by atoms with Gasteiger partial charge >= 0.3 is 6.18 Å². The highest BCUT2D eigenvalue weighted by Gasteiger charge is 2.38. The highest BCUT2D eigenvalue weighted by atomic mass is 19.4. The summed E-state index contributed by atoms with van der Waals surface area (Å²) in [6.45, 7) is 4.29. The van der Waals surface area contributed by atoms with E-state index in [4.69, 9.17) is 0 Å². The summed E-state index contributed by atoms with van der Waals surface area (Å²) >= 11 is 0. The van der Waals surface area contributed by atoms with Crippen molar-refractivity contribution in [3.63, 3.8) is 0 Å². The van der Waals surface area contributed by atoms with Gasteiger partial charge in [-0.25, -0.2) is 0 Å². The van der Waals surface area contributed by atoms with Gasteiger partial charge in [0.15, 0.2) is 5.65 Å². The lowest BCUT2D eigenvalue weighted by atomic mass is 10.2. The van der Waals surface area contributed by atoms with Crippen molar-refractivity contribution in [2.24, 2.45) is 0 Å². The molecule has 146 valence electrons. The van der Waals surface area contributed by atoms with Crippen LogP contribution in [0, 0.1) is 0 Å². The molecule has 0 spiro atoms. The summed E-state index contributed by atoms with van der Waals surface area (Å²) in [6, 6.07) is 3.22. The monoisotopic (exact) mass is 383 g/mol. The number of nitrogens with zero attached hydrogens (tertiary/aromatic N) is 6. The van der Waals surface area contributed by atoms with Crippen LogP contribution in [0.2, 0.25) is 0 Å². The Balaban J connectivity index is 1.44. The Morgan fingerprint density at radius 3 is 2.52 bits per heavy atom. The Morgan fingerprint density at radius 1 is 1.19 bits per heavy atom. The van der Waals surface area contributed by atoms with Crippen LogP contribution < -0.4 is 10.2 Å². The fourth-order valence-electron chi connectivity index (χ4n) is 3.18. The molecule has 2 aromatic rings. The van der Waals surface area contributed by atoms with Crippen molar-refractivity contribution in [3.05, 3.63) is 18.0 Å². The van der Waals surface area contributed by atoms with Gasteiger partial charge in [0.25, 0.3) is 5.82 Å². The van der Waals surface area contributed by atoms with Crippen molar-refractivity contribution >= 4 is 17.4 Å². The minimum absolute atomic E-state index is 0.0322. The number of nitrogens with one attached hydrogen (secondary N) is 1. The van der Waals surface area contributed by atoms with Gasteiger partial charge in [0.05, 0.1) is 6.04 Å². The number of fused-ring (bicyclic) bond motifs is 1. The summed E-state index contributed by atoms with van der Waals surface area (Å²) in [5.74, 6) is -0.671. The molecule has 1 amide bonds. The predicted octanol–water partition coefficient (Wildman–Crippen LogP) is 0.932. The normalized spacial score (nSPS) is 20.1. The quantitative estimate of drug-likeness (QED) is 0.847. The number of amides is 1. The Morgan fingerprint density at radius 2 is 1.89 bits per heavy atom. The second-order valence-corrected chi connectivity index (χ2v) is 6.96. The Kier molecular flexibility index (Phi) is 4.41. The number of hydrogen-bond donors (Lipinski definition) is 1. The predicted molar refractivity (Wildman–Crippen MR) is 90.2 cm³/mol. The van der Waals surface area contributed by atoms with Crippen LogP contribution in [0.25, 0.3) is 5.65 Å². The van der Waals surface area contributed by atoms with Gasteiger partial charge in [-0.1, -0.05) is 0 Å². The van der Waals surface area contributed by atoms with Crippen LogP contribution in [0.1, 0.15) is 25.6 Å². The van der Waals surface area contributed by atoms with Gasteiger partial charge in [0.2, 0.25) is 5.91 Å². The lowest BCUT2D eigenvalue weighted by Crippen LogP contribution is -2.54. The van der Waals surface area contributed by atoms with E-state index in [1.54, 1.807) is 6.07 Å². The van der Waals surface area contributed by atoms with Crippen molar-refractivity contribution in [1.29, 1.82) is 0 Å². The van der Waals surface area contributed by atoms with Crippen LogP contribution in [0.4, 0.5) is 19.0 Å². The fourth-order valence-corrected chi connectivity index (χ4v) is 3.18. The molecule has 1 saturated carbocycles. The highest BCUT2D eigenvalue weighted by molar-refractivity contribution is 5.81. The molecule has 2 aliphatic rings. The van der Waals surface area contributed by atoms with Crippen LogP contribution in [-0.4, -0.2) is 68.9 Å². The average Bonchev–Trinajstić information content (AvgIpc) is 3.34. The van der Waals surface area contributed by atoms with E-state index in [-0.39, 0.29) is 17.6 Å². The van der Waals surface area contributed by atoms with E-state index >= 15 is 0 Å². The number of hydrogen-bond acceptors (Lipinski definition) is 6. The molecule has 2 aromatic heterocycles. The van der Waals surface area contributed by atoms with Crippen molar-refractivity contribution in [1.82, 2.24) is 30.0 Å². The maximum Gasteiger partial charge on any atom is 0.453 e. The van der Waals surface area contributed by atoms with E-state index < -0.39 is 12.0 Å². The van der Waals surface area contributed by atoms with Gasteiger partial charge in [-0.15, -0.1) is 15.3 Å². The molecule has 1 aliphatic carbocycles. The zero-order chi connectivity index (χ0) is 19.2. The molecule has 1 N–H and O–H groups in total. The zero-order valence-corrected chi connectivity index (χ0v) is 14.8. The lowest BCUT2D eigenvalue weighted by molar-refractivity contribution is -0.146. The van der Waals surface area contributed by atoms with Crippen molar-refractivity contribution in [3.8, 4) is 0 Å². The van der Waals surface area contributed by atoms with Gasteiger partial charge < -0.3 is 10.2 Å². The molecule has 1 atom stereocenters. The van der Waals surface area contributed by atoms with Crippen LogP contribution in [0.15, 0.2) is 12.1 Å². The molecule has 0 radical (unpaired) electrons. The van der Waals surface area contributed by atoms with E-state index in [0.717, 1.165) is 17.4 Å². The van der Waals surface area contributed by atoms with Crippen LogP contribution in [-0.2, 0) is 11.0 Å². The van der Waals surface area contributed by atoms with Crippen LogP contribution in [0.5, 0.6) is 0 Å². The fraction of sp³-hybridized carbons (Fsp3) is 0.625. The summed E-state index contributed by atoms with van der Waals surface area (Å²) in [4.78, 5) is 16.2. The summed E-state index contributed by atoms with van der Waals surface area (Å²) in [6.07, 6.45) is -2.53. The number of halogens is 3. The van der Waals surface area contributed by atoms with Gasteiger partial charge in [-0.2, -0.15) is 17.7 Å². The molecule has 0 aromatic carbocycles. The number of alkyl halides is 3. The molecule has 0 bridgehead atoms. The van der Waals surface area contributed by atoms with Crippen molar-refractivity contribution in [2.75, 3.05) is 31.1 Å². The third kappa shape index (κ3) is 3.68. The largest absolute Gasteiger partial charge is 0.453 e. The van der Waals surface area contributed by atoms with Crippen molar-refractivity contribution < 1.29 is 18.0 Å². The van der Waals surface area contributed by atoms with Crippen LogP contribution in [0.3, 0.4) is 0 Å². The summed E-state index contributed by atoms with van der Waals surface area (Å²) in [5.41, 5.74) is 0.0510. The molecule has 27 heavy (non-hydrogen) atoms. The molecule has 11 heteroatoms. The highest BCUT2D eigenvalue weighted by Crippen LogP contribution is 2.28. The van der Waals surface area contributed by atoms with E-state index in [1.165, 1.54) is 6.07 Å². The number of rotatable bonds is 4. The first-order valence-corrected chi connectivity index (χ1v) is 8.92. The van der Waals surface area contributed by atoms with Crippen LogP contribution >= 0.6 is 0 Å². The maximum atomic E-state index is 13.0. The Hall–Kier alpha value is -2.43. The first-order valence-electron chi connectivity index (χ1n) is 8.92. The zero-order valence-electron chi connectivity index (χ0n) is 14.8. The number of anilines is 1. The summed E-state index contributed by atoms with van der Waals surface area (Å²) in [5, 5.41) is 13.8. The Labute approximate surface area is 153 Å². The SMILES string of the molecule is CC(C(=O)NC1CC1)N1CCN(c2ccc3nnc(C(F)(F)F)n3n2)CC1. The first kappa shape index (κ1) is 18.0. The molecular weight excluding hydrogens is 363 g/mol. The molecule has 3 heterocycles. The van der Waals surface area contributed by atoms with E-state index in [1.807, 2.05) is 11.8 Å². The van der Waals surface area contributed by atoms with E-state index in [2.05, 4.69) is 25.5 Å². The molecule has 2 fully saturated rings. The van der Waals surface area contributed by atoms with Gasteiger partial charge in [0, 0.05) is 32.2 Å². The molecule has 1 unspecified atom stereocenters. The van der Waals surface area contributed by atoms with Gasteiger partial charge in [0.1, 0.15) is 5.82 Å². The second kappa shape index (κ2) is 6.63. The third-order valence-electron chi connectivity index (χ3n) is 4.99. The summed E-state index contributed by atoms with van der Waals surface area (Å²) in [7, 11) is 0. The first-order chi connectivity index (χ1) is 12.8. The second-order valence-electron chi connectivity index (χ2n) is 6.96. The average molecular weight is 383 g/mol. The molecular formula is C16H20F3N7O. The standard InChI is InChI=1S/C16H20F3N7O/c1-10(14(27)20-11-2-3-11)24-6-8-25(9-7-24)13-5-4-12-21-22-15(16(17,18)19)26(12)23-13/h4-5,10-11H,2-3,6-9H2,1H3,(H,20,27). The molecule has 1 saturated heterocycles. The topological polar surface area (TPSA) is 78.7 Å². The van der Waals surface area contributed by atoms with Gasteiger partial charge in [-0.3, -0.25) is 9.69 Å². The lowest BCUT2D eigenvalue weighted by Gasteiger charge is -2.37. The molecule has 4 rings (SSSR count). The summed E-state index contributed by atoms with van der Waals surface area (Å²) < 4.78 is 39.8. The number of piperazine rings is 1. The minimum atomic E-state index is -4.62. The smallest absolute Gasteiger partial charge is 0.353 e. The number of carbonyl (C=O) groups excluding carboxylic acids is 1. The van der Waals surface area contributed by atoms with Gasteiger partial charge in [-0.05, 0) is 31.9 Å². The van der Waals surface area contributed by atoms with E-state index in [9.17, 15) is 18.0 Å². The van der Waals surface area contributed by atoms with Crippen molar-refractivity contribution in [2.45, 2.75) is 38.0 Å². The molecule has 1 aliphatic heterocycles. The maximum absolute atomic E-state index is 13.0. The third-order valence-corrected chi connectivity index (χ3v) is 4.99. The number of aromatic nitrogens is 4. The Bertz CT molecular complexity index is 840.